The van der Waals surface area contributed by atoms with Gasteiger partial charge in [-0.15, -0.1) is 0 Å². The number of nitrogens with zero attached hydrogens (tertiary/aromatic N) is 1. The molecular weight excluding hydrogens is 290 g/mol. The van der Waals surface area contributed by atoms with E-state index >= 15 is 0 Å². The van der Waals surface area contributed by atoms with E-state index in [1.807, 2.05) is 0 Å². The number of hydrogen-bond acceptors (Lipinski definition) is 1. The van der Waals surface area contributed by atoms with Gasteiger partial charge in [0.2, 0.25) is 0 Å². The zero-order valence-electron chi connectivity index (χ0n) is 15.5. The third kappa shape index (κ3) is 4.99. The van der Waals surface area contributed by atoms with Crippen LogP contribution in [0.2, 0.25) is 0 Å². The second kappa shape index (κ2) is 9.32. The van der Waals surface area contributed by atoms with Crippen molar-refractivity contribution < 1.29 is 0 Å². The topological polar surface area (TPSA) is 3.24 Å². The van der Waals surface area contributed by atoms with Gasteiger partial charge >= 0.3 is 0 Å². The smallest absolute Gasteiger partial charge is 0.0366 e. The molecule has 0 aliphatic carbocycles. The van der Waals surface area contributed by atoms with E-state index in [9.17, 15) is 0 Å². The summed E-state index contributed by atoms with van der Waals surface area (Å²) in [5.74, 6) is 0. The Balaban J connectivity index is 2.12. The lowest BCUT2D eigenvalue weighted by atomic mass is 9.98. The van der Waals surface area contributed by atoms with Crippen molar-refractivity contribution >= 4 is 11.3 Å². The maximum absolute atomic E-state index is 4.28. The molecular formula is C23H31N. The summed E-state index contributed by atoms with van der Waals surface area (Å²) in [6.07, 6.45) is 4.99. The van der Waals surface area contributed by atoms with Crippen LogP contribution >= 0.6 is 0 Å². The molecule has 2 aromatic carbocycles. The molecule has 0 aliphatic rings. The lowest BCUT2D eigenvalue weighted by molar-refractivity contribution is 0.678. The van der Waals surface area contributed by atoms with Crippen LogP contribution in [0.25, 0.3) is 5.57 Å². The van der Waals surface area contributed by atoms with Gasteiger partial charge in [-0.05, 0) is 48.6 Å². The Kier molecular flexibility index (Phi) is 7.11. The minimum absolute atomic E-state index is 1.09. The van der Waals surface area contributed by atoms with Crippen LogP contribution in [-0.4, -0.2) is 13.1 Å². The second-order valence-corrected chi connectivity index (χ2v) is 6.59. The number of hydrogen-bond donors (Lipinski definition) is 0. The highest BCUT2D eigenvalue weighted by Gasteiger charge is 2.07. The molecule has 0 amide bonds. The fourth-order valence-electron chi connectivity index (χ4n) is 2.86. The second-order valence-electron chi connectivity index (χ2n) is 6.59. The first-order chi connectivity index (χ1) is 11.7. The van der Waals surface area contributed by atoms with Gasteiger partial charge in [0.1, 0.15) is 0 Å². The first-order valence-electron chi connectivity index (χ1n) is 9.27. The molecule has 0 radical (unpaired) electrons. The van der Waals surface area contributed by atoms with Gasteiger partial charge in [0.05, 0.1) is 0 Å². The monoisotopic (exact) mass is 321 g/mol. The zero-order valence-corrected chi connectivity index (χ0v) is 15.5. The molecule has 0 aliphatic heterocycles. The Morgan fingerprint density at radius 2 is 1.25 bits per heavy atom. The molecule has 0 spiro atoms. The lowest BCUT2D eigenvalue weighted by Gasteiger charge is -2.25. The fourth-order valence-corrected chi connectivity index (χ4v) is 2.86. The summed E-state index contributed by atoms with van der Waals surface area (Å²) in [4.78, 5) is 2.52. The number of rotatable bonds is 9. The van der Waals surface area contributed by atoms with Crippen LogP contribution in [0.4, 0.5) is 5.69 Å². The van der Waals surface area contributed by atoms with Gasteiger partial charge in [-0.3, -0.25) is 0 Å². The molecule has 2 rings (SSSR count). The first-order valence-corrected chi connectivity index (χ1v) is 9.27. The Morgan fingerprint density at radius 1 is 0.792 bits per heavy atom. The minimum atomic E-state index is 1.09. The largest absolute Gasteiger partial charge is 0.372 e. The quantitative estimate of drug-likeness (QED) is 0.512. The van der Waals surface area contributed by atoms with Gasteiger partial charge < -0.3 is 4.90 Å². The maximum Gasteiger partial charge on any atom is 0.0366 e. The predicted molar refractivity (Wildman–Crippen MR) is 108 cm³/mol. The van der Waals surface area contributed by atoms with Crippen LogP contribution in [0.3, 0.4) is 0 Å². The van der Waals surface area contributed by atoms with Crippen molar-refractivity contribution in [2.45, 2.75) is 46.5 Å². The van der Waals surface area contributed by atoms with Crippen LogP contribution in [0.15, 0.2) is 55.1 Å². The number of aryl methyl sites for hydroxylation is 1. The summed E-state index contributed by atoms with van der Waals surface area (Å²) in [7, 11) is 0. The third-order valence-electron chi connectivity index (χ3n) is 4.54. The van der Waals surface area contributed by atoms with Crippen molar-refractivity contribution in [2.75, 3.05) is 18.0 Å². The molecule has 1 heteroatoms. The summed E-state index contributed by atoms with van der Waals surface area (Å²) in [5, 5.41) is 0. The normalized spacial score (nSPS) is 10.6. The molecule has 0 saturated carbocycles. The molecule has 1 nitrogen and oxygen atoms in total. The summed E-state index contributed by atoms with van der Waals surface area (Å²) in [6.45, 7) is 13.2. The van der Waals surface area contributed by atoms with Crippen molar-refractivity contribution in [3.8, 4) is 0 Å². The highest BCUT2D eigenvalue weighted by molar-refractivity contribution is 5.78. The Bertz CT molecular complexity index is 614. The summed E-state index contributed by atoms with van der Waals surface area (Å²) in [5.41, 5.74) is 6.10. The van der Waals surface area contributed by atoms with E-state index < -0.39 is 0 Å². The first kappa shape index (κ1) is 18.3. The number of anilines is 1. The molecule has 0 fully saturated rings. The van der Waals surface area contributed by atoms with Crippen LogP contribution in [0, 0.1) is 6.92 Å². The third-order valence-corrected chi connectivity index (χ3v) is 4.54. The highest BCUT2D eigenvalue weighted by Crippen LogP contribution is 2.25. The van der Waals surface area contributed by atoms with E-state index in [1.165, 1.54) is 48.1 Å². The van der Waals surface area contributed by atoms with Gasteiger partial charge in [0.25, 0.3) is 0 Å². The van der Waals surface area contributed by atoms with Crippen molar-refractivity contribution in [1.29, 1.82) is 0 Å². The molecule has 24 heavy (non-hydrogen) atoms. The van der Waals surface area contributed by atoms with Crippen LogP contribution in [0.1, 0.15) is 56.2 Å². The van der Waals surface area contributed by atoms with Gasteiger partial charge in [-0.2, -0.15) is 0 Å². The van der Waals surface area contributed by atoms with Crippen LogP contribution < -0.4 is 4.90 Å². The molecule has 0 aromatic heterocycles. The van der Waals surface area contributed by atoms with Gasteiger partial charge in [-0.1, -0.05) is 75.2 Å². The summed E-state index contributed by atoms with van der Waals surface area (Å²) in [6, 6.07) is 17.5. The Hall–Kier alpha value is -2.02. The van der Waals surface area contributed by atoms with E-state index in [2.05, 4.69) is 80.8 Å². The Labute approximate surface area is 148 Å². The van der Waals surface area contributed by atoms with E-state index in [-0.39, 0.29) is 0 Å². The highest BCUT2D eigenvalue weighted by atomic mass is 15.1. The average molecular weight is 322 g/mol. The molecule has 0 N–H and O–H groups in total. The van der Waals surface area contributed by atoms with Crippen molar-refractivity contribution in [2.24, 2.45) is 0 Å². The van der Waals surface area contributed by atoms with Gasteiger partial charge in [0.15, 0.2) is 0 Å². The zero-order chi connectivity index (χ0) is 17.4. The van der Waals surface area contributed by atoms with Crippen molar-refractivity contribution in [3.05, 3.63) is 71.8 Å². The fraction of sp³-hybridized carbons (Fsp3) is 0.391. The standard InChI is InChI=1S/C23H31N/c1-5-7-17-24(18-8-6-2)23-15-13-22(14-16-23)20(4)21-11-9-19(3)10-12-21/h9-16H,4-8,17-18H2,1-3H3. The number of benzene rings is 2. The molecule has 0 heterocycles. The van der Waals surface area contributed by atoms with E-state index in [0.29, 0.717) is 0 Å². The Morgan fingerprint density at radius 3 is 1.71 bits per heavy atom. The van der Waals surface area contributed by atoms with E-state index in [0.717, 1.165) is 18.7 Å². The van der Waals surface area contributed by atoms with Gasteiger partial charge in [0, 0.05) is 18.8 Å². The maximum atomic E-state index is 4.28. The van der Waals surface area contributed by atoms with Crippen molar-refractivity contribution in [1.82, 2.24) is 0 Å². The molecule has 128 valence electrons. The molecule has 2 aromatic rings. The average Bonchev–Trinajstić information content (AvgIpc) is 2.62. The summed E-state index contributed by atoms with van der Waals surface area (Å²) < 4.78 is 0. The number of unbranched alkanes of at least 4 members (excludes halogenated alkanes) is 2. The van der Waals surface area contributed by atoms with Crippen LogP contribution in [-0.2, 0) is 0 Å². The van der Waals surface area contributed by atoms with Crippen LogP contribution in [0.5, 0.6) is 0 Å². The van der Waals surface area contributed by atoms with E-state index in [1.54, 1.807) is 0 Å². The molecule has 0 atom stereocenters. The van der Waals surface area contributed by atoms with Crippen molar-refractivity contribution in [3.63, 3.8) is 0 Å². The SMILES string of the molecule is C=C(c1ccc(C)cc1)c1ccc(N(CCCC)CCCC)cc1. The summed E-state index contributed by atoms with van der Waals surface area (Å²) >= 11 is 0. The van der Waals surface area contributed by atoms with E-state index in [4.69, 9.17) is 0 Å². The molecule has 0 bridgehead atoms. The molecule has 0 unspecified atom stereocenters. The minimum Gasteiger partial charge on any atom is -0.372 e. The van der Waals surface area contributed by atoms with Gasteiger partial charge in [-0.25, -0.2) is 0 Å². The predicted octanol–water partition coefficient (Wildman–Crippen LogP) is 6.46. The molecule has 0 saturated heterocycles. The lowest BCUT2D eigenvalue weighted by Crippen LogP contribution is -2.25.